The van der Waals surface area contributed by atoms with Gasteiger partial charge >= 0.3 is 0 Å². The molecule has 0 saturated heterocycles. The van der Waals surface area contributed by atoms with E-state index in [9.17, 15) is 0 Å². The highest BCUT2D eigenvalue weighted by atomic mass is 14.8. The van der Waals surface area contributed by atoms with E-state index in [0.29, 0.717) is 0 Å². The van der Waals surface area contributed by atoms with Gasteiger partial charge in [-0.1, -0.05) is 37.8 Å². The summed E-state index contributed by atoms with van der Waals surface area (Å²) < 4.78 is 0. The molecule has 0 aliphatic carbocycles. The van der Waals surface area contributed by atoms with Crippen molar-refractivity contribution in [3.05, 3.63) is 37.1 Å². The van der Waals surface area contributed by atoms with Crippen LogP contribution in [0.2, 0.25) is 0 Å². The molecule has 0 rings (SSSR count). The Balaban J connectivity index is 3.15. The second kappa shape index (κ2) is 9.02. The summed E-state index contributed by atoms with van der Waals surface area (Å²) in [6.07, 6.45) is 12.3. The van der Waals surface area contributed by atoms with Crippen molar-refractivity contribution in [3.8, 4) is 0 Å². The lowest BCUT2D eigenvalue weighted by atomic mass is 10.3. The molecule has 11 heavy (non-hydrogen) atoms. The molecular formula is C10H17N. The van der Waals surface area contributed by atoms with Crippen LogP contribution >= 0.6 is 0 Å². The number of allylic oxidation sites excluding steroid dienone is 3. The third-order valence-corrected chi connectivity index (χ3v) is 1.22. The molecule has 0 heterocycles. The van der Waals surface area contributed by atoms with Gasteiger partial charge in [-0.15, -0.1) is 0 Å². The highest BCUT2D eigenvalue weighted by molar-refractivity contribution is 5.02. The van der Waals surface area contributed by atoms with E-state index in [1.807, 2.05) is 0 Å². The monoisotopic (exact) mass is 151 g/mol. The number of nitrogens with one attached hydrogen (secondary N) is 1. The summed E-state index contributed by atoms with van der Waals surface area (Å²) >= 11 is 0. The molecule has 1 N–H and O–H groups in total. The van der Waals surface area contributed by atoms with Crippen molar-refractivity contribution >= 4 is 0 Å². The topological polar surface area (TPSA) is 12.0 Å². The first-order valence-electron chi connectivity index (χ1n) is 4.07. The van der Waals surface area contributed by atoms with Gasteiger partial charge in [0.05, 0.1) is 0 Å². The summed E-state index contributed by atoms with van der Waals surface area (Å²) in [5.74, 6) is 0. The summed E-state index contributed by atoms with van der Waals surface area (Å²) in [5.41, 5.74) is 0. The van der Waals surface area contributed by atoms with E-state index in [4.69, 9.17) is 0 Å². The standard InChI is InChI=1S/C10H17N/c1-3-5-6-7-8-9-10-11-4-2/h4-8,11H,2-3,9-10H2,1H3/b6-5-,8-7?. The first kappa shape index (κ1) is 10.0. The summed E-state index contributed by atoms with van der Waals surface area (Å²) in [6.45, 7) is 6.66. The fourth-order valence-corrected chi connectivity index (χ4v) is 0.658. The van der Waals surface area contributed by atoms with Crippen LogP contribution in [0.4, 0.5) is 0 Å². The molecule has 0 saturated carbocycles. The van der Waals surface area contributed by atoms with Crippen LogP contribution in [0.15, 0.2) is 37.1 Å². The molecular weight excluding hydrogens is 134 g/mol. The number of hydrogen-bond acceptors (Lipinski definition) is 1. The van der Waals surface area contributed by atoms with Gasteiger partial charge in [-0.2, -0.15) is 0 Å². The largest absolute Gasteiger partial charge is 0.391 e. The Morgan fingerprint density at radius 3 is 2.64 bits per heavy atom. The molecule has 0 atom stereocenters. The van der Waals surface area contributed by atoms with E-state index in [-0.39, 0.29) is 0 Å². The second-order valence-electron chi connectivity index (χ2n) is 2.21. The first-order valence-corrected chi connectivity index (χ1v) is 4.07. The van der Waals surface area contributed by atoms with Gasteiger partial charge in [-0.25, -0.2) is 0 Å². The Kier molecular flexibility index (Phi) is 8.22. The van der Waals surface area contributed by atoms with Crippen molar-refractivity contribution in [3.63, 3.8) is 0 Å². The Bertz CT molecular complexity index is 134. The maximum absolute atomic E-state index is 3.56. The SMILES string of the molecule is C=CNCCC=C/C=C\CC. The minimum absolute atomic E-state index is 0.972. The fraction of sp³-hybridized carbons (Fsp3) is 0.400. The molecule has 62 valence electrons. The highest BCUT2D eigenvalue weighted by Crippen LogP contribution is 1.84. The number of hydrogen-bond donors (Lipinski definition) is 1. The Hall–Kier alpha value is -0.980. The Morgan fingerprint density at radius 2 is 2.00 bits per heavy atom. The summed E-state index contributed by atoms with van der Waals surface area (Å²) in [7, 11) is 0. The zero-order valence-electron chi connectivity index (χ0n) is 7.22. The summed E-state index contributed by atoms with van der Waals surface area (Å²) in [4.78, 5) is 0. The van der Waals surface area contributed by atoms with Crippen LogP contribution in [0.1, 0.15) is 19.8 Å². The molecule has 0 aromatic rings. The molecule has 0 unspecified atom stereocenters. The van der Waals surface area contributed by atoms with Gasteiger partial charge < -0.3 is 5.32 Å². The van der Waals surface area contributed by atoms with Gasteiger partial charge in [-0.05, 0) is 19.0 Å². The third-order valence-electron chi connectivity index (χ3n) is 1.22. The fourth-order valence-electron chi connectivity index (χ4n) is 0.658. The highest BCUT2D eigenvalue weighted by Gasteiger charge is 1.73. The quantitative estimate of drug-likeness (QED) is 0.454. The van der Waals surface area contributed by atoms with Gasteiger partial charge in [0.25, 0.3) is 0 Å². The average Bonchev–Trinajstić information content (AvgIpc) is 2.03. The van der Waals surface area contributed by atoms with Crippen LogP contribution in [0, 0.1) is 0 Å². The van der Waals surface area contributed by atoms with Gasteiger partial charge in [0, 0.05) is 6.54 Å². The molecule has 1 nitrogen and oxygen atoms in total. The van der Waals surface area contributed by atoms with E-state index in [2.05, 4.69) is 43.1 Å². The van der Waals surface area contributed by atoms with E-state index in [1.165, 1.54) is 0 Å². The molecule has 1 heteroatoms. The Morgan fingerprint density at radius 1 is 1.27 bits per heavy atom. The third kappa shape index (κ3) is 9.02. The molecule has 0 aromatic carbocycles. The molecule has 0 fully saturated rings. The second-order valence-corrected chi connectivity index (χ2v) is 2.21. The van der Waals surface area contributed by atoms with Gasteiger partial charge in [0.15, 0.2) is 0 Å². The summed E-state index contributed by atoms with van der Waals surface area (Å²) in [5, 5.41) is 3.03. The van der Waals surface area contributed by atoms with E-state index in [1.54, 1.807) is 6.20 Å². The van der Waals surface area contributed by atoms with Crippen LogP contribution < -0.4 is 5.32 Å². The minimum Gasteiger partial charge on any atom is -0.391 e. The molecule has 0 aliphatic heterocycles. The lowest BCUT2D eigenvalue weighted by molar-refractivity contribution is 0.854. The van der Waals surface area contributed by atoms with E-state index < -0.39 is 0 Å². The minimum atomic E-state index is 0.972. The Labute approximate surface area is 69.5 Å². The van der Waals surface area contributed by atoms with Crippen LogP contribution in [0.5, 0.6) is 0 Å². The zero-order chi connectivity index (χ0) is 8.36. The van der Waals surface area contributed by atoms with E-state index >= 15 is 0 Å². The van der Waals surface area contributed by atoms with Crippen LogP contribution in [-0.4, -0.2) is 6.54 Å². The summed E-state index contributed by atoms with van der Waals surface area (Å²) in [6, 6.07) is 0. The smallest absolute Gasteiger partial charge is 0.0175 e. The van der Waals surface area contributed by atoms with Crippen molar-refractivity contribution in [2.24, 2.45) is 0 Å². The lowest BCUT2D eigenvalue weighted by Gasteiger charge is -1.92. The maximum atomic E-state index is 3.56. The van der Waals surface area contributed by atoms with Crippen LogP contribution in [0.3, 0.4) is 0 Å². The van der Waals surface area contributed by atoms with Gasteiger partial charge in [0.2, 0.25) is 0 Å². The van der Waals surface area contributed by atoms with Crippen molar-refractivity contribution < 1.29 is 0 Å². The molecule has 0 amide bonds. The van der Waals surface area contributed by atoms with Crippen molar-refractivity contribution in [1.29, 1.82) is 0 Å². The van der Waals surface area contributed by atoms with Crippen molar-refractivity contribution in [2.45, 2.75) is 19.8 Å². The predicted octanol–water partition coefficient (Wildman–Crippen LogP) is 2.63. The average molecular weight is 151 g/mol. The van der Waals surface area contributed by atoms with E-state index in [0.717, 1.165) is 19.4 Å². The molecule has 0 bridgehead atoms. The first-order chi connectivity index (χ1) is 5.41. The lowest BCUT2D eigenvalue weighted by Crippen LogP contribution is -2.03. The normalized spacial score (nSPS) is 11.0. The van der Waals surface area contributed by atoms with Crippen molar-refractivity contribution in [1.82, 2.24) is 5.32 Å². The maximum Gasteiger partial charge on any atom is 0.0175 e. The van der Waals surface area contributed by atoms with Gasteiger partial charge in [0.1, 0.15) is 0 Å². The molecule has 0 aliphatic rings. The predicted molar refractivity (Wildman–Crippen MR) is 51.4 cm³/mol. The molecule has 0 aromatic heterocycles. The molecule has 0 spiro atoms. The van der Waals surface area contributed by atoms with Crippen molar-refractivity contribution in [2.75, 3.05) is 6.54 Å². The van der Waals surface area contributed by atoms with Crippen LogP contribution in [-0.2, 0) is 0 Å². The van der Waals surface area contributed by atoms with Gasteiger partial charge in [-0.3, -0.25) is 0 Å². The zero-order valence-corrected chi connectivity index (χ0v) is 7.22. The van der Waals surface area contributed by atoms with Crippen LogP contribution in [0.25, 0.3) is 0 Å². The number of rotatable bonds is 6. The molecule has 0 radical (unpaired) electrons.